The topological polar surface area (TPSA) is 22.0 Å². The molecule has 114 valence electrons. The van der Waals surface area contributed by atoms with E-state index in [1.54, 1.807) is 0 Å². The molecule has 1 aromatic heterocycles. The third kappa shape index (κ3) is 1.74. The van der Waals surface area contributed by atoms with Crippen LogP contribution in [0.1, 0.15) is 5.56 Å². The van der Waals surface area contributed by atoms with E-state index in [0.717, 1.165) is 27.6 Å². The summed E-state index contributed by atoms with van der Waals surface area (Å²) < 4.78 is 1.93. The van der Waals surface area contributed by atoms with Crippen LogP contribution in [0.4, 0.5) is 0 Å². The Morgan fingerprint density at radius 2 is 1.38 bits per heavy atom. The van der Waals surface area contributed by atoms with Gasteiger partial charge in [-0.3, -0.25) is 4.79 Å². The van der Waals surface area contributed by atoms with Crippen LogP contribution < -0.4 is 5.56 Å². The summed E-state index contributed by atoms with van der Waals surface area (Å²) in [7, 11) is 0. The minimum Gasteiger partial charge on any atom is -0.303 e. The lowest BCUT2D eigenvalue weighted by atomic mass is 9.94. The fraction of sp³-hybridized carbons (Fsp3) is 0.0455. The van der Waals surface area contributed by atoms with Crippen molar-refractivity contribution in [3.63, 3.8) is 0 Å². The highest BCUT2D eigenvalue weighted by Gasteiger charge is 2.25. The van der Waals surface area contributed by atoms with E-state index in [0.29, 0.717) is 6.54 Å². The van der Waals surface area contributed by atoms with Crippen LogP contribution in [0.25, 0.3) is 33.2 Å². The van der Waals surface area contributed by atoms with Crippen molar-refractivity contribution in [3.05, 3.63) is 94.8 Å². The second-order valence-electron chi connectivity index (χ2n) is 6.18. The second-order valence-corrected chi connectivity index (χ2v) is 6.18. The molecule has 0 fully saturated rings. The first-order chi connectivity index (χ1) is 11.8. The maximum Gasteiger partial charge on any atom is 0.259 e. The molecule has 0 bridgehead atoms. The zero-order chi connectivity index (χ0) is 16.1. The fourth-order valence-electron chi connectivity index (χ4n) is 3.78. The molecule has 2 nitrogen and oxygen atoms in total. The minimum atomic E-state index is 0.0940. The average Bonchev–Trinajstić information content (AvgIpc) is 3.03. The van der Waals surface area contributed by atoms with Gasteiger partial charge in [-0.1, -0.05) is 72.8 Å². The lowest BCUT2D eigenvalue weighted by molar-refractivity contribution is 0.814. The number of aromatic nitrogens is 1. The van der Waals surface area contributed by atoms with Gasteiger partial charge in [-0.15, -0.1) is 0 Å². The first-order valence-electron chi connectivity index (χ1n) is 8.14. The van der Waals surface area contributed by atoms with Crippen LogP contribution in [-0.4, -0.2) is 4.57 Å². The standard InChI is InChI=1S/C22H15NO/c24-22-19-13-7-6-12-18(19)20(15-8-2-1-3-9-15)21-17-11-5-4-10-16(17)14-23(21)22/h1-13H,14H2. The molecule has 3 aromatic carbocycles. The molecule has 0 amide bonds. The number of hydrogen-bond acceptors (Lipinski definition) is 1. The van der Waals surface area contributed by atoms with Gasteiger partial charge in [0.2, 0.25) is 0 Å². The quantitative estimate of drug-likeness (QED) is 0.440. The van der Waals surface area contributed by atoms with Crippen molar-refractivity contribution < 1.29 is 0 Å². The van der Waals surface area contributed by atoms with Crippen LogP contribution in [0.5, 0.6) is 0 Å². The maximum atomic E-state index is 13.0. The zero-order valence-corrected chi connectivity index (χ0v) is 13.1. The van der Waals surface area contributed by atoms with E-state index in [9.17, 15) is 4.79 Å². The molecule has 1 aliphatic rings. The van der Waals surface area contributed by atoms with Crippen LogP contribution in [0.15, 0.2) is 83.7 Å². The van der Waals surface area contributed by atoms with Gasteiger partial charge < -0.3 is 4.57 Å². The number of fused-ring (bicyclic) bond motifs is 4. The third-order valence-electron chi connectivity index (χ3n) is 4.84. The van der Waals surface area contributed by atoms with Gasteiger partial charge in [0.15, 0.2) is 0 Å². The van der Waals surface area contributed by atoms with Crippen molar-refractivity contribution in [1.29, 1.82) is 0 Å². The van der Waals surface area contributed by atoms with Crippen molar-refractivity contribution in [2.75, 3.05) is 0 Å². The van der Waals surface area contributed by atoms with Crippen molar-refractivity contribution in [3.8, 4) is 22.4 Å². The molecule has 24 heavy (non-hydrogen) atoms. The Kier molecular flexibility index (Phi) is 2.74. The number of hydrogen-bond donors (Lipinski definition) is 0. The third-order valence-corrected chi connectivity index (χ3v) is 4.84. The molecule has 1 aliphatic heterocycles. The summed E-state index contributed by atoms with van der Waals surface area (Å²) >= 11 is 0. The van der Waals surface area contributed by atoms with Gasteiger partial charge in [-0.05, 0) is 22.6 Å². The lowest BCUT2D eigenvalue weighted by Gasteiger charge is -2.15. The van der Waals surface area contributed by atoms with Crippen molar-refractivity contribution >= 4 is 10.8 Å². The highest BCUT2D eigenvalue weighted by atomic mass is 16.1. The summed E-state index contributed by atoms with van der Waals surface area (Å²) in [5.41, 5.74) is 5.81. The Balaban J connectivity index is 2.02. The smallest absolute Gasteiger partial charge is 0.259 e. The molecular weight excluding hydrogens is 294 g/mol. The van der Waals surface area contributed by atoms with Gasteiger partial charge >= 0.3 is 0 Å². The van der Waals surface area contributed by atoms with Crippen LogP contribution in [0.2, 0.25) is 0 Å². The van der Waals surface area contributed by atoms with Gasteiger partial charge in [-0.25, -0.2) is 0 Å². The summed E-state index contributed by atoms with van der Waals surface area (Å²) in [6.45, 7) is 0.648. The number of pyridine rings is 1. The van der Waals surface area contributed by atoms with Crippen LogP contribution in [-0.2, 0) is 6.54 Å². The van der Waals surface area contributed by atoms with E-state index < -0.39 is 0 Å². The molecule has 2 heteroatoms. The largest absolute Gasteiger partial charge is 0.303 e. The molecule has 0 unspecified atom stereocenters. The van der Waals surface area contributed by atoms with Crippen LogP contribution in [0.3, 0.4) is 0 Å². The minimum absolute atomic E-state index is 0.0940. The number of nitrogens with zero attached hydrogens (tertiary/aromatic N) is 1. The Morgan fingerprint density at radius 1 is 0.708 bits per heavy atom. The van der Waals surface area contributed by atoms with Crippen molar-refractivity contribution in [2.24, 2.45) is 0 Å². The van der Waals surface area contributed by atoms with Crippen molar-refractivity contribution in [2.45, 2.75) is 6.54 Å². The van der Waals surface area contributed by atoms with E-state index in [2.05, 4.69) is 30.3 Å². The molecule has 2 heterocycles. The van der Waals surface area contributed by atoms with E-state index in [1.807, 2.05) is 53.1 Å². The highest BCUT2D eigenvalue weighted by molar-refractivity contribution is 6.03. The Morgan fingerprint density at radius 3 is 2.21 bits per heavy atom. The fourth-order valence-corrected chi connectivity index (χ4v) is 3.78. The molecule has 0 saturated carbocycles. The molecule has 0 aliphatic carbocycles. The molecule has 0 saturated heterocycles. The number of benzene rings is 3. The molecule has 0 spiro atoms. The molecule has 0 atom stereocenters. The normalized spacial score (nSPS) is 12.2. The van der Waals surface area contributed by atoms with Gasteiger partial charge in [0.25, 0.3) is 5.56 Å². The molecule has 4 aromatic rings. The summed E-state index contributed by atoms with van der Waals surface area (Å²) in [5.74, 6) is 0. The molecule has 0 N–H and O–H groups in total. The predicted octanol–water partition coefficient (Wildman–Crippen LogP) is 4.70. The average molecular weight is 309 g/mol. The highest BCUT2D eigenvalue weighted by Crippen LogP contribution is 2.41. The number of rotatable bonds is 1. The Bertz CT molecular complexity index is 1140. The van der Waals surface area contributed by atoms with E-state index in [1.165, 1.54) is 11.1 Å². The monoisotopic (exact) mass is 309 g/mol. The summed E-state index contributed by atoms with van der Waals surface area (Å²) in [4.78, 5) is 13.0. The van der Waals surface area contributed by atoms with E-state index >= 15 is 0 Å². The Hall–Kier alpha value is -3.13. The van der Waals surface area contributed by atoms with Gasteiger partial charge in [0.1, 0.15) is 0 Å². The first kappa shape index (κ1) is 13.3. The van der Waals surface area contributed by atoms with Gasteiger partial charge in [-0.2, -0.15) is 0 Å². The predicted molar refractivity (Wildman–Crippen MR) is 98.2 cm³/mol. The SMILES string of the molecule is O=c1c2ccccc2c(-c2ccccc2)c2n1Cc1ccccc1-2. The summed E-state index contributed by atoms with van der Waals surface area (Å²) in [6, 6.07) is 26.6. The molecule has 5 rings (SSSR count). The summed E-state index contributed by atoms with van der Waals surface area (Å²) in [6.07, 6.45) is 0. The van der Waals surface area contributed by atoms with Crippen molar-refractivity contribution in [1.82, 2.24) is 4.57 Å². The molecule has 0 radical (unpaired) electrons. The van der Waals surface area contributed by atoms with Gasteiger partial charge in [0, 0.05) is 16.5 Å². The second kappa shape index (κ2) is 4.93. The molecular formula is C22H15NO. The van der Waals surface area contributed by atoms with Crippen LogP contribution >= 0.6 is 0 Å². The summed E-state index contributed by atoms with van der Waals surface area (Å²) in [5, 5.41) is 1.81. The van der Waals surface area contributed by atoms with Crippen LogP contribution in [0, 0.1) is 0 Å². The van der Waals surface area contributed by atoms with E-state index in [-0.39, 0.29) is 5.56 Å². The maximum absolute atomic E-state index is 13.0. The van der Waals surface area contributed by atoms with E-state index in [4.69, 9.17) is 0 Å². The van der Waals surface area contributed by atoms with Gasteiger partial charge in [0.05, 0.1) is 12.2 Å². The first-order valence-corrected chi connectivity index (χ1v) is 8.14. The Labute approximate surface area is 139 Å². The zero-order valence-electron chi connectivity index (χ0n) is 13.1. The lowest BCUT2D eigenvalue weighted by Crippen LogP contribution is -2.19.